The first-order chi connectivity index (χ1) is 10.9. The normalized spacial score (nSPS) is 25.4. The maximum atomic E-state index is 5.35. The molecule has 1 saturated heterocycles. The molecule has 0 spiro atoms. The van der Waals surface area contributed by atoms with Crippen molar-refractivity contribution in [2.45, 2.75) is 25.3 Å². The molecule has 1 fully saturated rings. The lowest BCUT2D eigenvalue weighted by atomic mass is 10.1. The molecule has 0 saturated carbocycles. The van der Waals surface area contributed by atoms with Crippen molar-refractivity contribution in [3.63, 3.8) is 0 Å². The minimum Gasteiger partial charge on any atom is -0.377 e. The highest BCUT2D eigenvalue weighted by Gasteiger charge is 2.29. The number of guanidine groups is 1. The number of hydrogen-bond acceptors (Lipinski definition) is 3. The van der Waals surface area contributed by atoms with Crippen LogP contribution in [0, 0.1) is 0 Å². The summed E-state index contributed by atoms with van der Waals surface area (Å²) in [5.74, 6) is 1.06. The van der Waals surface area contributed by atoms with E-state index in [0.29, 0.717) is 6.04 Å². The second kappa shape index (κ2) is 9.64. The van der Waals surface area contributed by atoms with Gasteiger partial charge in [-0.15, -0.1) is 24.0 Å². The highest BCUT2D eigenvalue weighted by Crippen LogP contribution is 2.18. The van der Waals surface area contributed by atoms with E-state index in [4.69, 9.17) is 4.74 Å². The van der Waals surface area contributed by atoms with E-state index in [-0.39, 0.29) is 24.0 Å². The van der Waals surface area contributed by atoms with Gasteiger partial charge in [-0.3, -0.25) is 9.89 Å². The molecule has 0 aromatic rings. The van der Waals surface area contributed by atoms with Crippen LogP contribution >= 0.6 is 24.0 Å². The number of ether oxygens (including phenoxy) is 1. The number of aliphatic imine (C=N–C) groups is 1. The van der Waals surface area contributed by atoms with Crippen LogP contribution in [0.15, 0.2) is 28.8 Å². The average molecular weight is 432 g/mol. The van der Waals surface area contributed by atoms with Gasteiger partial charge in [0.15, 0.2) is 5.96 Å². The van der Waals surface area contributed by atoms with Crippen LogP contribution in [0.5, 0.6) is 0 Å². The Bertz CT molecular complexity index is 456. The van der Waals surface area contributed by atoms with Crippen LogP contribution in [-0.4, -0.2) is 74.8 Å². The third-order valence-corrected chi connectivity index (χ3v) is 4.82. The van der Waals surface area contributed by atoms with Crippen molar-refractivity contribution in [1.29, 1.82) is 0 Å². The lowest BCUT2D eigenvalue weighted by Crippen LogP contribution is -2.43. The molecule has 5 nitrogen and oxygen atoms in total. The molecule has 6 heteroatoms. The van der Waals surface area contributed by atoms with Gasteiger partial charge in [0.05, 0.1) is 13.2 Å². The van der Waals surface area contributed by atoms with E-state index >= 15 is 0 Å². The SMILES string of the molecule is CN=C(NCCC1=CCOCC1)N1CCC(N2CC=CC2)C1.I. The van der Waals surface area contributed by atoms with Crippen molar-refractivity contribution in [2.24, 2.45) is 4.99 Å². The second-order valence-corrected chi connectivity index (χ2v) is 6.23. The Morgan fingerprint density at radius 3 is 2.91 bits per heavy atom. The summed E-state index contributed by atoms with van der Waals surface area (Å²) in [7, 11) is 1.89. The van der Waals surface area contributed by atoms with E-state index in [1.165, 1.54) is 12.0 Å². The topological polar surface area (TPSA) is 40.1 Å². The lowest BCUT2D eigenvalue weighted by Gasteiger charge is -2.25. The molecule has 0 radical (unpaired) electrons. The van der Waals surface area contributed by atoms with Crippen LogP contribution in [0.2, 0.25) is 0 Å². The van der Waals surface area contributed by atoms with Crippen LogP contribution in [-0.2, 0) is 4.74 Å². The first kappa shape index (κ1) is 18.7. The zero-order valence-corrected chi connectivity index (χ0v) is 16.4. The summed E-state index contributed by atoms with van der Waals surface area (Å²) in [6, 6.07) is 0.673. The Kier molecular flexibility index (Phi) is 7.85. The van der Waals surface area contributed by atoms with Crippen molar-refractivity contribution in [3.05, 3.63) is 23.8 Å². The van der Waals surface area contributed by atoms with Gasteiger partial charge in [0.2, 0.25) is 0 Å². The zero-order valence-electron chi connectivity index (χ0n) is 14.0. The minimum absolute atomic E-state index is 0. The summed E-state index contributed by atoms with van der Waals surface area (Å²) in [6.07, 6.45) is 10.2. The fraction of sp³-hybridized carbons (Fsp3) is 0.706. The second-order valence-electron chi connectivity index (χ2n) is 6.23. The van der Waals surface area contributed by atoms with Gasteiger partial charge in [0.25, 0.3) is 0 Å². The Morgan fingerprint density at radius 2 is 2.22 bits per heavy atom. The van der Waals surface area contributed by atoms with Crippen LogP contribution < -0.4 is 5.32 Å². The van der Waals surface area contributed by atoms with E-state index in [1.54, 1.807) is 0 Å². The first-order valence-electron chi connectivity index (χ1n) is 8.47. The number of nitrogens with one attached hydrogen (secondary N) is 1. The summed E-state index contributed by atoms with van der Waals surface area (Å²) < 4.78 is 5.35. The van der Waals surface area contributed by atoms with Gasteiger partial charge in [0.1, 0.15) is 0 Å². The number of rotatable bonds is 4. The molecule has 3 aliphatic heterocycles. The monoisotopic (exact) mass is 432 g/mol. The predicted molar refractivity (Wildman–Crippen MR) is 106 cm³/mol. The molecular weight excluding hydrogens is 403 g/mol. The van der Waals surface area contributed by atoms with E-state index < -0.39 is 0 Å². The van der Waals surface area contributed by atoms with Crippen molar-refractivity contribution >= 4 is 29.9 Å². The Hall–Kier alpha value is -0.600. The Balaban J connectivity index is 0.00000192. The Labute approximate surface area is 156 Å². The molecule has 3 rings (SSSR count). The van der Waals surface area contributed by atoms with Gasteiger partial charge in [-0.05, 0) is 19.3 Å². The minimum atomic E-state index is 0. The first-order valence-corrected chi connectivity index (χ1v) is 8.47. The van der Waals surface area contributed by atoms with Crippen LogP contribution in [0.1, 0.15) is 19.3 Å². The number of halogens is 1. The van der Waals surface area contributed by atoms with Crippen molar-refractivity contribution < 1.29 is 4.74 Å². The summed E-state index contributed by atoms with van der Waals surface area (Å²) in [4.78, 5) is 9.43. The maximum absolute atomic E-state index is 5.35. The van der Waals surface area contributed by atoms with E-state index in [9.17, 15) is 0 Å². The molecule has 23 heavy (non-hydrogen) atoms. The third kappa shape index (κ3) is 5.19. The third-order valence-electron chi connectivity index (χ3n) is 4.82. The quantitative estimate of drug-likeness (QED) is 0.319. The molecule has 3 heterocycles. The standard InChI is InChI=1S/C17H28N4O.HI/c1-18-17(19-8-4-15-6-12-22-13-7-15)21-11-5-16(14-21)20-9-2-3-10-20;/h2-3,6,16H,4-5,7-14H2,1H3,(H,18,19);1H. The van der Waals surface area contributed by atoms with Crippen LogP contribution in [0.25, 0.3) is 0 Å². The van der Waals surface area contributed by atoms with Gasteiger partial charge in [-0.25, -0.2) is 0 Å². The fourth-order valence-electron chi connectivity index (χ4n) is 3.48. The lowest BCUT2D eigenvalue weighted by molar-refractivity contribution is 0.153. The maximum Gasteiger partial charge on any atom is 0.193 e. The van der Waals surface area contributed by atoms with Gasteiger partial charge in [-0.1, -0.05) is 23.8 Å². The van der Waals surface area contributed by atoms with E-state index in [0.717, 1.165) is 64.7 Å². The molecule has 130 valence electrons. The van der Waals surface area contributed by atoms with Crippen molar-refractivity contribution in [3.8, 4) is 0 Å². The molecule has 1 atom stereocenters. The molecule has 0 aromatic heterocycles. The van der Waals surface area contributed by atoms with Crippen LogP contribution in [0.3, 0.4) is 0 Å². The smallest absolute Gasteiger partial charge is 0.193 e. The number of hydrogen-bond donors (Lipinski definition) is 1. The molecule has 0 bridgehead atoms. The molecule has 0 amide bonds. The molecule has 3 aliphatic rings. The van der Waals surface area contributed by atoms with Crippen molar-refractivity contribution in [1.82, 2.24) is 15.1 Å². The summed E-state index contributed by atoms with van der Waals surface area (Å²) in [6.45, 7) is 7.04. The van der Waals surface area contributed by atoms with Gasteiger partial charge in [-0.2, -0.15) is 0 Å². The average Bonchev–Trinajstić information content (AvgIpc) is 3.23. The Morgan fingerprint density at radius 1 is 1.39 bits per heavy atom. The molecule has 0 aliphatic carbocycles. The zero-order chi connectivity index (χ0) is 15.2. The van der Waals surface area contributed by atoms with E-state index in [2.05, 4.69) is 38.3 Å². The molecule has 1 unspecified atom stereocenters. The van der Waals surface area contributed by atoms with Gasteiger partial charge >= 0.3 is 0 Å². The molecule has 0 aromatic carbocycles. The highest BCUT2D eigenvalue weighted by atomic mass is 127. The van der Waals surface area contributed by atoms with E-state index in [1.807, 2.05) is 7.05 Å². The highest BCUT2D eigenvalue weighted by molar-refractivity contribution is 14.0. The summed E-state index contributed by atoms with van der Waals surface area (Å²) >= 11 is 0. The number of likely N-dealkylation sites (tertiary alicyclic amines) is 1. The molecular formula is C17H29IN4O. The predicted octanol–water partition coefficient (Wildman–Crippen LogP) is 1.86. The molecule has 1 N–H and O–H groups in total. The van der Waals surface area contributed by atoms with Crippen molar-refractivity contribution in [2.75, 3.05) is 53.0 Å². The van der Waals surface area contributed by atoms with Crippen LogP contribution in [0.4, 0.5) is 0 Å². The largest absolute Gasteiger partial charge is 0.377 e. The number of nitrogens with zero attached hydrogens (tertiary/aromatic N) is 3. The van der Waals surface area contributed by atoms with Gasteiger partial charge < -0.3 is 15.0 Å². The summed E-state index contributed by atoms with van der Waals surface area (Å²) in [5.41, 5.74) is 1.51. The van der Waals surface area contributed by atoms with Gasteiger partial charge in [0, 0.05) is 45.8 Å². The fourth-order valence-corrected chi connectivity index (χ4v) is 3.48. The summed E-state index contributed by atoms with van der Waals surface area (Å²) in [5, 5.41) is 3.53.